The van der Waals surface area contributed by atoms with Crippen LogP contribution in [-0.2, 0) is 9.47 Å². The van der Waals surface area contributed by atoms with Crippen molar-refractivity contribution in [2.45, 2.75) is 118 Å². The van der Waals surface area contributed by atoms with Crippen LogP contribution in [0.2, 0.25) is 0 Å². The van der Waals surface area contributed by atoms with E-state index in [1.807, 2.05) is 0 Å². The van der Waals surface area contributed by atoms with Crippen LogP contribution in [0.1, 0.15) is 112 Å². The van der Waals surface area contributed by atoms with E-state index in [1.165, 1.54) is 70.6 Å². The van der Waals surface area contributed by atoms with Crippen molar-refractivity contribution >= 4 is 0 Å². The maximum Gasteiger partial charge on any atom is 0.0612 e. The number of rotatable bonds is 10. The van der Waals surface area contributed by atoms with Gasteiger partial charge in [0.1, 0.15) is 0 Å². The molecule has 0 aliphatic heterocycles. The molecule has 8 unspecified atom stereocenters. The van der Waals surface area contributed by atoms with Crippen molar-refractivity contribution in [2.75, 3.05) is 20.3 Å². The largest absolute Gasteiger partial charge is 0.385 e. The molecule has 3 fully saturated rings. The van der Waals surface area contributed by atoms with Gasteiger partial charge < -0.3 is 9.47 Å². The Morgan fingerprint density at radius 1 is 0.939 bits per heavy atom. The molecule has 0 aromatic rings. The molecule has 4 aliphatic carbocycles. The van der Waals surface area contributed by atoms with E-state index in [4.69, 9.17) is 9.47 Å². The normalized spacial score (nSPS) is 41.3. The molecule has 0 heterocycles. The second-order valence-corrected chi connectivity index (χ2v) is 13.4. The first-order chi connectivity index (χ1) is 15.8. The zero-order chi connectivity index (χ0) is 23.6. The van der Waals surface area contributed by atoms with Gasteiger partial charge in [0, 0.05) is 20.3 Å². The van der Waals surface area contributed by atoms with Crippen LogP contribution in [0, 0.1) is 46.3 Å². The maximum absolute atomic E-state index is 6.27. The molecule has 3 saturated carbocycles. The van der Waals surface area contributed by atoms with E-state index in [0.717, 1.165) is 55.1 Å². The van der Waals surface area contributed by atoms with Gasteiger partial charge in [0.2, 0.25) is 0 Å². The Hall–Kier alpha value is -0.340. The molecule has 4 rings (SSSR count). The fraction of sp³-hybridized carbons (Fsp3) is 0.935. The topological polar surface area (TPSA) is 18.5 Å². The van der Waals surface area contributed by atoms with E-state index in [-0.39, 0.29) is 0 Å². The molecule has 0 aromatic carbocycles. The standard InChI is InChI=1S/C31H54O2/c1-22(2)9-7-10-23(3)27-13-14-28-26-12-11-24-21-25(33-20-8-19-32-6)15-17-30(24,4)29(26)16-18-31(27,28)5/h11,22-23,25-29H,7-10,12-21H2,1-6H3. The molecule has 0 radical (unpaired) electrons. The summed E-state index contributed by atoms with van der Waals surface area (Å²) in [6, 6.07) is 0. The van der Waals surface area contributed by atoms with Crippen molar-refractivity contribution in [2.24, 2.45) is 46.3 Å². The van der Waals surface area contributed by atoms with E-state index in [2.05, 4.69) is 40.7 Å². The van der Waals surface area contributed by atoms with E-state index in [9.17, 15) is 0 Å². The number of methoxy groups -OCH3 is 1. The first kappa shape index (κ1) is 25.7. The SMILES string of the molecule is COCCCOC1CCC2(C)C(=CCC3C2CCC2(C)C(C(C)CCCC(C)C)CCC32)C1. The van der Waals surface area contributed by atoms with Gasteiger partial charge in [0.25, 0.3) is 0 Å². The lowest BCUT2D eigenvalue weighted by atomic mass is 9.47. The predicted octanol–water partition coefficient (Wildman–Crippen LogP) is 8.45. The Morgan fingerprint density at radius 3 is 2.52 bits per heavy atom. The molecule has 33 heavy (non-hydrogen) atoms. The molecule has 2 nitrogen and oxygen atoms in total. The van der Waals surface area contributed by atoms with Gasteiger partial charge in [-0.1, -0.05) is 65.5 Å². The summed E-state index contributed by atoms with van der Waals surface area (Å²) in [4.78, 5) is 0. The van der Waals surface area contributed by atoms with Crippen LogP contribution in [-0.4, -0.2) is 26.4 Å². The lowest BCUT2D eigenvalue weighted by Crippen LogP contribution is -2.51. The first-order valence-electron chi connectivity index (χ1n) is 14.6. The van der Waals surface area contributed by atoms with Gasteiger partial charge in [0.15, 0.2) is 0 Å². The summed E-state index contributed by atoms with van der Waals surface area (Å²) in [5, 5.41) is 0. The Kier molecular flexibility index (Phi) is 8.37. The zero-order valence-corrected chi connectivity index (χ0v) is 22.8. The number of fused-ring (bicyclic) bond motifs is 5. The van der Waals surface area contributed by atoms with Crippen LogP contribution >= 0.6 is 0 Å². The third kappa shape index (κ3) is 5.13. The summed E-state index contributed by atoms with van der Waals surface area (Å²) < 4.78 is 11.5. The average molecular weight is 459 g/mol. The number of allylic oxidation sites excluding steroid dienone is 1. The molecule has 0 aromatic heterocycles. The van der Waals surface area contributed by atoms with Crippen molar-refractivity contribution < 1.29 is 9.47 Å². The Bertz CT molecular complexity index is 668. The van der Waals surface area contributed by atoms with Gasteiger partial charge in [0.05, 0.1) is 6.10 Å². The highest BCUT2D eigenvalue weighted by Gasteiger charge is 2.59. The van der Waals surface area contributed by atoms with Crippen molar-refractivity contribution in [3.63, 3.8) is 0 Å². The predicted molar refractivity (Wildman–Crippen MR) is 139 cm³/mol. The van der Waals surface area contributed by atoms with Gasteiger partial charge in [-0.3, -0.25) is 0 Å². The van der Waals surface area contributed by atoms with Crippen LogP contribution in [0.25, 0.3) is 0 Å². The third-order valence-corrected chi connectivity index (χ3v) is 11.1. The second kappa shape index (κ2) is 10.7. The van der Waals surface area contributed by atoms with Crippen molar-refractivity contribution in [3.8, 4) is 0 Å². The van der Waals surface area contributed by atoms with E-state index < -0.39 is 0 Å². The summed E-state index contributed by atoms with van der Waals surface area (Å²) in [5.41, 5.74) is 2.80. The summed E-state index contributed by atoms with van der Waals surface area (Å²) >= 11 is 0. The van der Waals surface area contributed by atoms with Crippen molar-refractivity contribution in [1.29, 1.82) is 0 Å². The molecule has 0 saturated heterocycles. The molecule has 2 heteroatoms. The lowest BCUT2D eigenvalue weighted by Gasteiger charge is -2.58. The molecule has 0 N–H and O–H groups in total. The Balaban J connectivity index is 1.40. The van der Waals surface area contributed by atoms with Crippen LogP contribution in [0.5, 0.6) is 0 Å². The van der Waals surface area contributed by atoms with Gasteiger partial charge in [-0.2, -0.15) is 0 Å². The molecule has 190 valence electrons. The number of ether oxygens (including phenoxy) is 2. The van der Waals surface area contributed by atoms with Crippen LogP contribution < -0.4 is 0 Å². The summed E-state index contributed by atoms with van der Waals surface area (Å²) in [5.74, 6) is 5.54. The van der Waals surface area contributed by atoms with Gasteiger partial charge in [-0.25, -0.2) is 0 Å². The second-order valence-electron chi connectivity index (χ2n) is 13.4. The van der Waals surface area contributed by atoms with Crippen LogP contribution in [0.4, 0.5) is 0 Å². The fourth-order valence-electron chi connectivity index (χ4n) is 9.25. The van der Waals surface area contributed by atoms with Gasteiger partial charge in [-0.15, -0.1) is 0 Å². The minimum Gasteiger partial charge on any atom is -0.385 e. The van der Waals surface area contributed by atoms with E-state index in [0.29, 0.717) is 16.9 Å². The monoisotopic (exact) mass is 458 g/mol. The highest BCUT2D eigenvalue weighted by molar-refractivity contribution is 5.25. The lowest BCUT2D eigenvalue weighted by molar-refractivity contribution is -0.0646. The van der Waals surface area contributed by atoms with E-state index >= 15 is 0 Å². The Morgan fingerprint density at radius 2 is 1.76 bits per heavy atom. The number of hydrogen-bond acceptors (Lipinski definition) is 2. The molecular formula is C31H54O2. The van der Waals surface area contributed by atoms with Crippen molar-refractivity contribution in [1.82, 2.24) is 0 Å². The molecular weight excluding hydrogens is 404 g/mol. The Labute approximate surface area is 205 Å². The summed E-state index contributed by atoms with van der Waals surface area (Å²) in [6.07, 6.45) is 19.5. The molecule has 4 aliphatic rings. The summed E-state index contributed by atoms with van der Waals surface area (Å²) in [6.45, 7) is 14.4. The molecule has 0 amide bonds. The van der Waals surface area contributed by atoms with E-state index in [1.54, 1.807) is 12.7 Å². The molecule has 0 spiro atoms. The quantitative estimate of drug-likeness (QED) is 0.241. The van der Waals surface area contributed by atoms with Gasteiger partial charge in [-0.05, 0) is 104 Å². The zero-order valence-electron chi connectivity index (χ0n) is 22.8. The van der Waals surface area contributed by atoms with Gasteiger partial charge >= 0.3 is 0 Å². The highest BCUT2D eigenvalue weighted by Crippen LogP contribution is 2.67. The molecule has 8 atom stereocenters. The summed E-state index contributed by atoms with van der Waals surface area (Å²) in [7, 11) is 1.78. The van der Waals surface area contributed by atoms with Crippen molar-refractivity contribution in [3.05, 3.63) is 11.6 Å². The minimum atomic E-state index is 0.439. The van der Waals surface area contributed by atoms with Crippen LogP contribution in [0.3, 0.4) is 0 Å². The fourth-order valence-corrected chi connectivity index (χ4v) is 9.25. The maximum atomic E-state index is 6.27. The smallest absolute Gasteiger partial charge is 0.0612 e. The van der Waals surface area contributed by atoms with Crippen LogP contribution in [0.15, 0.2) is 11.6 Å². The molecule has 0 bridgehead atoms. The minimum absolute atomic E-state index is 0.439. The number of hydrogen-bond donors (Lipinski definition) is 0. The first-order valence-corrected chi connectivity index (χ1v) is 14.6. The average Bonchev–Trinajstić information content (AvgIpc) is 3.14. The highest BCUT2D eigenvalue weighted by atomic mass is 16.5. The third-order valence-electron chi connectivity index (χ3n) is 11.1.